The summed E-state index contributed by atoms with van der Waals surface area (Å²) in [7, 11) is -1.11. The monoisotopic (exact) mass is 237 g/mol. The Hall–Kier alpha value is -0.910. The molecule has 0 aliphatic carbocycles. The zero-order valence-corrected chi connectivity index (χ0v) is 9.02. The molecule has 15 heavy (non-hydrogen) atoms. The summed E-state index contributed by atoms with van der Waals surface area (Å²) >= 11 is 0. The first-order valence-electron chi connectivity index (χ1n) is 4.17. The summed E-state index contributed by atoms with van der Waals surface area (Å²) < 4.78 is 47.6. The smallest absolute Gasteiger partial charge is 0.259 e. The number of rotatable bonds is 2. The van der Waals surface area contributed by atoms with Crippen LogP contribution in [0.5, 0.6) is 0 Å². The lowest BCUT2D eigenvalue weighted by atomic mass is 10.2. The Kier molecular flexibility index (Phi) is 3.49. The maximum absolute atomic E-state index is 12.2. The Bertz CT molecular complexity index is 361. The maximum Gasteiger partial charge on any atom is 0.433 e. The number of hydrogen-bond acceptors (Lipinski definition) is 2. The largest absolute Gasteiger partial charge is 0.433 e. The van der Waals surface area contributed by atoms with Crippen molar-refractivity contribution < 1.29 is 17.4 Å². The first kappa shape index (κ1) is 12.2. The predicted octanol–water partition coefficient (Wildman–Crippen LogP) is 2.54. The number of hydrogen-bond donors (Lipinski definition) is 0. The van der Waals surface area contributed by atoms with Gasteiger partial charge in [0.25, 0.3) is 0 Å². The Balaban J connectivity index is 2.95. The highest BCUT2D eigenvalue weighted by Crippen LogP contribution is 2.28. The van der Waals surface area contributed by atoms with E-state index in [4.69, 9.17) is 0 Å². The van der Waals surface area contributed by atoms with E-state index >= 15 is 0 Å². The van der Waals surface area contributed by atoms with Gasteiger partial charge >= 0.3 is 6.18 Å². The second kappa shape index (κ2) is 4.30. The summed E-state index contributed by atoms with van der Waals surface area (Å²) in [5, 5.41) is -0.306. The maximum atomic E-state index is 12.2. The van der Waals surface area contributed by atoms with Crippen LogP contribution in [0, 0.1) is 0 Å². The van der Waals surface area contributed by atoms with E-state index in [0.29, 0.717) is 5.56 Å². The fourth-order valence-corrected chi connectivity index (χ4v) is 1.53. The molecule has 2 nitrogen and oxygen atoms in total. The van der Waals surface area contributed by atoms with Crippen molar-refractivity contribution in [3.63, 3.8) is 0 Å². The van der Waals surface area contributed by atoms with E-state index in [1.807, 2.05) is 0 Å². The van der Waals surface area contributed by atoms with Gasteiger partial charge in [-0.3, -0.25) is 9.19 Å². The molecule has 1 heterocycles. The lowest BCUT2D eigenvalue weighted by Gasteiger charge is -2.10. The second-order valence-electron chi connectivity index (χ2n) is 3.12. The lowest BCUT2D eigenvalue weighted by molar-refractivity contribution is -0.141. The molecule has 84 valence electrons. The zero-order chi connectivity index (χ0) is 11.6. The Morgan fingerprint density at radius 1 is 1.40 bits per heavy atom. The van der Waals surface area contributed by atoms with Gasteiger partial charge in [0, 0.05) is 23.3 Å². The van der Waals surface area contributed by atoms with Gasteiger partial charge in [0.05, 0.1) is 5.25 Å². The average Bonchev–Trinajstić information content (AvgIpc) is 2.15. The molecule has 0 saturated carbocycles. The minimum Gasteiger partial charge on any atom is -0.259 e. The first-order valence-corrected chi connectivity index (χ1v) is 5.80. The number of halogens is 3. The summed E-state index contributed by atoms with van der Waals surface area (Å²) in [4.78, 5) is 3.29. The molecule has 2 atom stereocenters. The number of pyridine rings is 1. The van der Waals surface area contributed by atoms with E-state index in [1.165, 1.54) is 12.3 Å². The van der Waals surface area contributed by atoms with Crippen LogP contribution >= 0.6 is 0 Å². The minimum absolute atomic E-state index is 0.306. The summed E-state index contributed by atoms with van der Waals surface area (Å²) in [5.74, 6) is 0. The van der Waals surface area contributed by atoms with Crippen LogP contribution in [0.2, 0.25) is 0 Å². The van der Waals surface area contributed by atoms with E-state index in [-0.39, 0.29) is 5.25 Å². The molecule has 0 spiro atoms. The van der Waals surface area contributed by atoms with Gasteiger partial charge in [0.2, 0.25) is 0 Å². The van der Waals surface area contributed by atoms with E-state index in [0.717, 1.165) is 12.3 Å². The van der Waals surface area contributed by atoms with Gasteiger partial charge in [-0.2, -0.15) is 13.2 Å². The van der Waals surface area contributed by atoms with Gasteiger partial charge < -0.3 is 0 Å². The first-order chi connectivity index (χ1) is 6.82. The van der Waals surface area contributed by atoms with E-state index in [2.05, 4.69) is 4.98 Å². The van der Waals surface area contributed by atoms with Gasteiger partial charge in [-0.25, -0.2) is 0 Å². The molecule has 0 radical (unpaired) electrons. The highest BCUT2D eigenvalue weighted by atomic mass is 32.2. The molecule has 6 heteroatoms. The van der Waals surface area contributed by atoms with E-state index in [9.17, 15) is 17.4 Å². The van der Waals surface area contributed by atoms with Crippen LogP contribution in [0.15, 0.2) is 18.3 Å². The van der Waals surface area contributed by atoms with Crippen molar-refractivity contribution in [3.05, 3.63) is 29.6 Å². The number of aromatic nitrogens is 1. The molecule has 0 N–H and O–H groups in total. The highest BCUT2D eigenvalue weighted by molar-refractivity contribution is 7.84. The summed E-state index contributed by atoms with van der Waals surface area (Å²) in [6, 6.07) is 2.21. The quantitative estimate of drug-likeness (QED) is 0.791. The Morgan fingerprint density at radius 3 is 2.33 bits per heavy atom. The molecule has 0 saturated heterocycles. The van der Waals surface area contributed by atoms with Crippen LogP contribution in [-0.4, -0.2) is 15.4 Å². The van der Waals surface area contributed by atoms with Crippen LogP contribution in [0.25, 0.3) is 0 Å². The van der Waals surface area contributed by atoms with Crippen LogP contribution < -0.4 is 0 Å². The SMILES string of the molecule is C[C@@H](c1ccc(C(F)(F)F)nc1)[S@@](C)=O. The van der Waals surface area contributed by atoms with Gasteiger partial charge in [-0.15, -0.1) is 0 Å². The standard InChI is InChI=1S/C9H10F3NOS/c1-6(15(2)14)7-3-4-8(13-5-7)9(10,11)12/h3-6H,1-2H3/t6-,15+/m0/s1. The fourth-order valence-electron chi connectivity index (χ4n) is 1.01. The van der Waals surface area contributed by atoms with Gasteiger partial charge in [0.1, 0.15) is 5.69 Å². The molecule has 0 bridgehead atoms. The van der Waals surface area contributed by atoms with Crippen molar-refractivity contribution in [1.82, 2.24) is 4.98 Å². The fraction of sp³-hybridized carbons (Fsp3) is 0.444. The second-order valence-corrected chi connectivity index (χ2v) is 4.82. The molecule has 0 amide bonds. The zero-order valence-electron chi connectivity index (χ0n) is 8.21. The molecule has 0 aliphatic heterocycles. The third kappa shape index (κ3) is 3.02. The molecular formula is C9H10F3NOS. The molecule has 0 fully saturated rings. The third-order valence-electron chi connectivity index (χ3n) is 2.04. The number of nitrogens with zero attached hydrogens (tertiary/aromatic N) is 1. The van der Waals surface area contributed by atoms with Crippen molar-refractivity contribution in [2.75, 3.05) is 6.26 Å². The number of alkyl halides is 3. The van der Waals surface area contributed by atoms with Crippen LogP contribution in [0.4, 0.5) is 13.2 Å². The highest BCUT2D eigenvalue weighted by Gasteiger charge is 2.32. The Labute approximate surface area is 88.0 Å². The molecule has 0 aliphatic rings. The summed E-state index contributed by atoms with van der Waals surface area (Å²) in [6.45, 7) is 1.68. The van der Waals surface area contributed by atoms with Gasteiger partial charge in [0.15, 0.2) is 0 Å². The van der Waals surface area contributed by atoms with E-state index < -0.39 is 22.7 Å². The van der Waals surface area contributed by atoms with Crippen molar-refractivity contribution in [3.8, 4) is 0 Å². The van der Waals surface area contributed by atoms with Crippen molar-refractivity contribution in [2.45, 2.75) is 18.3 Å². The summed E-state index contributed by atoms with van der Waals surface area (Å²) in [6.07, 6.45) is -1.80. The van der Waals surface area contributed by atoms with Crippen LogP contribution in [-0.2, 0) is 17.0 Å². The molecular weight excluding hydrogens is 227 g/mol. The van der Waals surface area contributed by atoms with Crippen LogP contribution in [0.3, 0.4) is 0 Å². The topological polar surface area (TPSA) is 30.0 Å². The van der Waals surface area contributed by atoms with Crippen molar-refractivity contribution >= 4 is 10.8 Å². The predicted molar refractivity (Wildman–Crippen MR) is 51.7 cm³/mol. The van der Waals surface area contributed by atoms with Gasteiger partial charge in [-0.05, 0) is 18.6 Å². The molecule has 1 aromatic heterocycles. The Morgan fingerprint density at radius 2 is 2.00 bits per heavy atom. The van der Waals surface area contributed by atoms with Crippen LogP contribution in [0.1, 0.15) is 23.4 Å². The molecule has 1 rings (SSSR count). The van der Waals surface area contributed by atoms with E-state index in [1.54, 1.807) is 6.92 Å². The normalized spacial score (nSPS) is 16.1. The summed E-state index contributed by atoms with van der Waals surface area (Å²) in [5.41, 5.74) is -0.385. The van der Waals surface area contributed by atoms with Gasteiger partial charge in [-0.1, -0.05) is 6.07 Å². The average molecular weight is 237 g/mol. The molecule has 1 aromatic rings. The molecule has 0 aromatic carbocycles. The third-order valence-corrected chi connectivity index (χ3v) is 3.31. The molecule has 0 unspecified atom stereocenters. The minimum atomic E-state index is -4.42. The lowest BCUT2D eigenvalue weighted by Crippen LogP contribution is -2.09. The van der Waals surface area contributed by atoms with Crippen molar-refractivity contribution in [2.24, 2.45) is 0 Å². The van der Waals surface area contributed by atoms with Crippen molar-refractivity contribution in [1.29, 1.82) is 0 Å².